The van der Waals surface area contributed by atoms with E-state index >= 15 is 8.78 Å². The van der Waals surface area contributed by atoms with Crippen LogP contribution in [0, 0.1) is 0 Å². The van der Waals surface area contributed by atoms with Crippen LogP contribution in [0.2, 0.25) is 0 Å². The number of methoxy groups -OCH3 is 1. The molecule has 0 unspecified atom stereocenters. The van der Waals surface area contributed by atoms with Crippen LogP contribution < -0.4 is 10.4 Å². The molecule has 1 atom stereocenters. The number of likely N-dealkylation sites (tertiary alicyclic amines) is 1. The quantitative estimate of drug-likeness (QED) is 0.488. The van der Waals surface area contributed by atoms with Crippen molar-refractivity contribution in [2.75, 3.05) is 27.2 Å². The summed E-state index contributed by atoms with van der Waals surface area (Å²) in [5.74, 6) is -2.61. The van der Waals surface area contributed by atoms with Gasteiger partial charge in [0.25, 0.3) is 5.92 Å². The minimum absolute atomic E-state index is 0.131. The van der Waals surface area contributed by atoms with Crippen molar-refractivity contribution in [3.8, 4) is 17.0 Å². The van der Waals surface area contributed by atoms with Gasteiger partial charge in [0.15, 0.2) is 0 Å². The molecule has 1 fully saturated rings. The molecule has 166 valence electrons. The maximum absolute atomic E-state index is 15.1. The number of nitrogens with zero attached hydrogens (tertiary/aromatic N) is 5. The molecule has 0 spiro atoms. The molecule has 0 radical (unpaired) electrons. The van der Waals surface area contributed by atoms with E-state index in [1.807, 2.05) is 18.2 Å². The average Bonchev–Trinajstić information content (AvgIpc) is 3.09. The van der Waals surface area contributed by atoms with Crippen molar-refractivity contribution in [2.24, 2.45) is 7.02 Å². The van der Waals surface area contributed by atoms with Gasteiger partial charge in [0.2, 0.25) is 5.88 Å². The van der Waals surface area contributed by atoms with E-state index in [4.69, 9.17) is 6.11 Å². The van der Waals surface area contributed by atoms with Crippen molar-refractivity contribution in [3.63, 3.8) is 0 Å². The first-order valence-corrected chi connectivity index (χ1v) is 10.2. The van der Waals surface area contributed by atoms with Crippen LogP contribution in [0.25, 0.3) is 33.1 Å². The summed E-state index contributed by atoms with van der Waals surface area (Å²) in [6, 6.07) is 7.81. The van der Waals surface area contributed by atoms with E-state index in [-0.39, 0.29) is 13.4 Å². The van der Waals surface area contributed by atoms with Gasteiger partial charge in [0, 0.05) is 38.2 Å². The molecule has 3 aromatic heterocycles. The molecule has 4 aromatic rings. The smallest absolute Gasteiger partial charge is 0.329 e. The monoisotopic (exact) mass is 440 g/mol. The Morgan fingerprint density at radius 1 is 1.19 bits per heavy atom. The molecule has 0 bridgehead atoms. The number of alkyl halides is 2. The van der Waals surface area contributed by atoms with Crippen LogP contribution in [-0.4, -0.2) is 57.2 Å². The molecular weight excluding hydrogens is 416 g/mol. The topological polar surface area (TPSA) is 65.2 Å². The highest BCUT2D eigenvalue weighted by Crippen LogP contribution is 2.39. The van der Waals surface area contributed by atoms with E-state index in [0.29, 0.717) is 34.4 Å². The Balaban J connectivity index is 1.78. The molecule has 0 N–H and O–H groups in total. The number of aromatic nitrogens is 4. The highest BCUT2D eigenvalue weighted by atomic mass is 19.3. The molecule has 1 aliphatic rings. The number of fused-ring (bicyclic) bond motifs is 3. The number of aryl methyl sites for hydroxylation is 1. The zero-order chi connectivity index (χ0) is 23.3. The first-order chi connectivity index (χ1) is 15.8. The van der Waals surface area contributed by atoms with Gasteiger partial charge in [0.05, 0.1) is 36.4 Å². The number of halogens is 2. The fourth-order valence-electron chi connectivity index (χ4n) is 4.50. The first kappa shape index (κ1) is 19.4. The van der Waals surface area contributed by atoms with Crippen molar-refractivity contribution in [1.82, 2.24) is 24.0 Å². The fraction of sp³-hybridized carbons (Fsp3) is 0.348. The van der Waals surface area contributed by atoms with Crippen molar-refractivity contribution in [2.45, 2.75) is 18.4 Å². The van der Waals surface area contributed by atoms with Gasteiger partial charge in [-0.3, -0.25) is 14.1 Å². The molecule has 5 rings (SSSR count). The molecule has 4 heterocycles. The summed E-state index contributed by atoms with van der Waals surface area (Å²) in [6.45, 7) is 0.0233. The van der Waals surface area contributed by atoms with Crippen LogP contribution in [0.1, 0.15) is 13.8 Å². The number of pyridine rings is 2. The van der Waals surface area contributed by atoms with Gasteiger partial charge < -0.3 is 9.64 Å². The minimum atomic E-state index is -3.09. The Bertz CT molecular complexity index is 1400. The van der Waals surface area contributed by atoms with Crippen LogP contribution in [0.15, 0.2) is 47.5 Å². The van der Waals surface area contributed by atoms with E-state index in [1.54, 1.807) is 30.3 Å². The van der Waals surface area contributed by atoms with Gasteiger partial charge in [-0.05, 0) is 37.2 Å². The molecule has 32 heavy (non-hydrogen) atoms. The molecule has 9 heteroatoms. The third-order valence-corrected chi connectivity index (χ3v) is 6.13. The van der Waals surface area contributed by atoms with Gasteiger partial charge in [-0.2, -0.15) is 0 Å². The van der Waals surface area contributed by atoms with Crippen LogP contribution in [0.3, 0.4) is 0 Å². The fourth-order valence-corrected chi connectivity index (χ4v) is 4.50. The number of rotatable bonds is 3. The first-order valence-electron chi connectivity index (χ1n) is 10.9. The second kappa shape index (κ2) is 7.37. The Kier molecular flexibility index (Phi) is 4.46. The van der Waals surface area contributed by atoms with Crippen molar-refractivity contribution in [1.29, 1.82) is 0 Å². The Morgan fingerprint density at radius 2 is 2.00 bits per heavy atom. The summed E-state index contributed by atoms with van der Waals surface area (Å²) in [5, 5.41) is 0.583. The van der Waals surface area contributed by atoms with E-state index in [0.717, 1.165) is 11.1 Å². The lowest BCUT2D eigenvalue weighted by Crippen LogP contribution is -2.49. The van der Waals surface area contributed by atoms with Gasteiger partial charge in [-0.15, -0.1) is 0 Å². The molecule has 7 nitrogen and oxygen atoms in total. The third kappa shape index (κ3) is 3.15. The highest BCUT2D eigenvalue weighted by Gasteiger charge is 2.46. The molecule has 1 saturated heterocycles. The molecule has 0 amide bonds. The number of hydrogen-bond acceptors (Lipinski definition) is 5. The van der Waals surface area contributed by atoms with Gasteiger partial charge >= 0.3 is 5.69 Å². The normalized spacial score (nSPS) is 19.4. The largest absolute Gasteiger partial charge is 0.481 e. The Hall–Kier alpha value is -3.33. The molecule has 1 aromatic carbocycles. The van der Waals surface area contributed by atoms with E-state index in [2.05, 4.69) is 9.97 Å². The predicted octanol–water partition coefficient (Wildman–Crippen LogP) is 3.47. The maximum atomic E-state index is 15.1. The molecule has 0 aliphatic carbocycles. The van der Waals surface area contributed by atoms with Crippen LogP contribution in [0.4, 0.5) is 8.78 Å². The summed E-state index contributed by atoms with van der Waals surface area (Å²) < 4.78 is 45.7. The summed E-state index contributed by atoms with van der Waals surface area (Å²) in [4.78, 5) is 23.5. The maximum Gasteiger partial charge on any atom is 0.329 e. The van der Waals surface area contributed by atoms with Crippen molar-refractivity contribution in [3.05, 3.63) is 53.2 Å². The number of imidazole rings is 1. The Morgan fingerprint density at radius 3 is 2.69 bits per heavy atom. The summed E-state index contributed by atoms with van der Waals surface area (Å²) in [6.07, 6.45) is 3.29. The van der Waals surface area contributed by atoms with Crippen molar-refractivity contribution < 1.29 is 14.9 Å². The van der Waals surface area contributed by atoms with E-state index < -0.39 is 24.2 Å². The predicted molar refractivity (Wildman–Crippen MR) is 118 cm³/mol. The standard InChI is InChI=1S/C23H23F2N5O2/c1-28-9-8-19(23(24,25)13-28)30-21-16-10-14(15-5-7-20(32-3)27-11-15)4-6-17(16)26-12-18(21)29(2)22(30)31/h4-7,10-12,19H,8-9,13H2,1-3H3/t19-/m0/s1/i2D. The van der Waals surface area contributed by atoms with Gasteiger partial charge in [-0.1, -0.05) is 6.07 Å². The lowest BCUT2D eigenvalue weighted by molar-refractivity contribution is -0.0977. The summed E-state index contributed by atoms with van der Waals surface area (Å²) in [7, 11) is 2.81. The second-order valence-electron chi connectivity index (χ2n) is 8.20. The second-order valence-corrected chi connectivity index (χ2v) is 8.20. The van der Waals surface area contributed by atoms with Crippen molar-refractivity contribution >= 4 is 21.9 Å². The lowest BCUT2D eigenvalue weighted by Gasteiger charge is -2.37. The highest BCUT2D eigenvalue weighted by molar-refractivity contribution is 6.04. The molecule has 1 aliphatic heterocycles. The number of benzene rings is 1. The zero-order valence-corrected chi connectivity index (χ0v) is 17.8. The number of hydrogen-bond donors (Lipinski definition) is 0. The Labute approximate surface area is 184 Å². The third-order valence-electron chi connectivity index (χ3n) is 6.13. The van der Waals surface area contributed by atoms with E-state index in [9.17, 15) is 4.79 Å². The molecule has 0 saturated carbocycles. The average molecular weight is 440 g/mol. The summed E-state index contributed by atoms with van der Waals surface area (Å²) in [5.41, 5.74) is 2.35. The zero-order valence-electron chi connectivity index (χ0n) is 18.8. The SMILES string of the molecule is [2H]Cn1c(=O)n([C@H]2CCN(C)CC2(F)F)c2c3cc(-c4ccc(OC)nc4)ccc3ncc21. The number of piperidine rings is 1. The van der Waals surface area contributed by atoms with Crippen LogP contribution in [-0.2, 0) is 7.02 Å². The van der Waals surface area contributed by atoms with Gasteiger partial charge in [0.1, 0.15) is 6.04 Å². The lowest BCUT2D eigenvalue weighted by atomic mass is 10.00. The molecular formula is C23H23F2N5O2. The van der Waals surface area contributed by atoms with E-state index in [1.165, 1.54) is 22.4 Å². The number of ether oxygens (including phenoxy) is 1. The van der Waals surface area contributed by atoms with Gasteiger partial charge in [-0.25, -0.2) is 18.6 Å². The van der Waals surface area contributed by atoms with Crippen LogP contribution in [0.5, 0.6) is 5.88 Å². The summed E-state index contributed by atoms with van der Waals surface area (Å²) >= 11 is 0. The van der Waals surface area contributed by atoms with Crippen LogP contribution >= 0.6 is 0 Å². The minimum Gasteiger partial charge on any atom is -0.481 e.